The zero-order valence-electron chi connectivity index (χ0n) is 8.51. The van der Waals surface area contributed by atoms with E-state index in [0.29, 0.717) is 0 Å². The Bertz CT molecular complexity index is 408. The van der Waals surface area contributed by atoms with Gasteiger partial charge in [-0.3, -0.25) is 0 Å². The lowest BCUT2D eigenvalue weighted by Gasteiger charge is -2.10. The fourth-order valence-corrected chi connectivity index (χ4v) is 2.20. The highest BCUT2D eigenvalue weighted by molar-refractivity contribution is 7.10. The van der Waals surface area contributed by atoms with Crippen molar-refractivity contribution < 1.29 is 4.74 Å². The maximum absolute atomic E-state index is 6.12. The molecule has 15 heavy (non-hydrogen) atoms. The summed E-state index contributed by atoms with van der Waals surface area (Å²) in [6.45, 7) is 0. The van der Waals surface area contributed by atoms with Crippen molar-refractivity contribution in [1.82, 2.24) is 0 Å². The third-order valence-corrected chi connectivity index (χ3v) is 3.28. The van der Waals surface area contributed by atoms with Crippen LogP contribution in [-0.2, 0) is 0 Å². The van der Waals surface area contributed by atoms with Gasteiger partial charge in [0.25, 0.3) is 0 Å². The molecule has 0 fully saturated rings. The summed E-state index contributed by atoms with van der Waals surface area (Å²) in [5.74, 6) is 0.858. The van der Waals surface area contributed by atoms with E-state index in [2.05, 4.69) is 6.07 Å². The van der Waals surface area contributed by atoms with Gasteiger partial charge >= 0.3 is 0 Å². The fraction of sp³-hybridized carbons (Fsp3) is 0.167. The van der Waals surface area contributed by atoms with Gasteiger partial charge in [0, 0.05) is 4.88 Å². The smallest absolute Gasteiger partial charge is 0.118 e. The molecule has 0 saturated heterocycles. The number of ether oxygens (including phenoxy) is 1. The van der Waals surface area contributed by atoms with Gasteiger partial charge in [-0.2, -0.15) is 0 Å². The first kappa shape index (κ1) is 10.2. The maximum atomic E-state index is 6.12. The average molecular weight is 219 g/mol. The highest BCUT2D eigenvalue weighted by Gasteiger charge is 2.09. The summed E-state index contributed by atoms with van der Waals surface area (Å²) in [5.41, 5.74) is 7.23. The Balaban J connectivity index is 2.22. The number of nitrogens with two attached hydrogens (primary N) is 1. The quantitative estimate of drug-likeness (QED) is 0.861. The first-order chi connectivity index (χ1) is 7.31. The Morgan fingerprint density at radius 3 is 2.47 bits per heavy atom. The Kier molecular flexibility index (Phi) is 3.04. The Morgan fingerprint density at radius 1 is 1.20 bits per heavy atom. The molecule has 1 heterocycles. The molecule has 0 aliphatic rings. The molecular formula is C12H13NOS. The van der Waals surface area contributed by atoms with E-state index in [1.54, 1.807) is 18.4 Å². The van der Waals surface area contributed by atoms with E-state index >= 15 is 0 Å². The lowest BCUT2D eigenvalue weighted by molar-refractivity contribution is 0.414. The van der Waals surface area contributed by atoms with Gasteiger partial charge in [0.05, 0.1) is 13.2 Å². The maximum Gasteiger partial charge on any atom is 0.118 e. The van der Waals surface area contributed by atoms with Gasteiger partial charge in [-0.1, -0.05) is 18.2 Å². The van der Waals surface area contributed by atoms with E-state index in [9.17, 15) is 0 Å². The Morgan fingerprint density at radius 2 is 1.93 bits per heavy atom. The Hall–Kier alpha value is -1.32. The highest BCUT2D eigenvalue weighted by atomic mass is 32.1. The summed E-state index contributed by atoms with van der Waals surface area (Å²) < 4.78 is 5.10. The average Bonchev–Trinajstić information content (AvgIpc) is 2.82. The van der Waals surface area contributed by atoms with Crippen molar-refractivity contribution in [3.05, 3.63) is 52.2 Å². The number of rotatable bonds is 3. The number of thiophene rings is 1. The van der Waals surface area contributed by atoms with Crippen LogP contribution in [0.2, 0.25) is 0 Å². The first-order valence-electron chi connectivity index (χ1n) is 4.74. The second-order valence-electron chi connectivity index (χ2n) is 3.27. The minimum atomic E-state index is -0.0316. The summed E-state index contributed by atoms with van der Waals surface area (Å²) in [7, 11) is 1.66. The van der Waals surface area contributed by atoms with Crippen LogP contribution in [-0.4, -0.2) is 7.11 Å². The van der Waals surface area contributed by atoms with Crippen LogP contribution in [0.5, 0.6) is 5.75 Å². The molecule has 2 rings (SSSR count). The third kappa shape index (κ3) is 2.19. The van der Waals surface area contributed by atoms with Gasteiger partial charge < -0.3 is 10.5 Å². The van der Waals surface area contributed by atoms with Crippen LogP contribution in [0, 0.1) is 0 Å². The van der Waals surface area contributed by atoms with Crippen LogP contribution >= 0.6 is 11.3 Å². The van der Waals surface area contributed by atoms with Crippen LogP contribution < -0.4 is 10.5 Å². The molecule has 0 amide bonds. The van der Waals surface area contributed by atoms with Crippen molar-refractivity contribution in [3.8, 4) is 5.75 Å². The molecule has 2 aromatic rings. The lowest BCUT2D eigenvalue weighted by Crippen LogP contribution is -2.09. The normalized spacial score (nSPS) is 12.4. The van der Waals surface area contributed by atoms with Crippen molar-refractivity contribution >= 4 is 11.3 Å². The van der Waals surface area contributed by atoms with Crippen LogP contribution in [0.4, 0.5) is 0 Å². The first-order valence-corrected chi connectivity index (χ1v) is 5.62. The summed E-state index contributed by atoms with van der Waals surface area (Å²) in [4.78, 5) is 1.18. The van der Waals surface area contributed by atoms with Gasteiger partial charge in [-0.15, -0.1) is 11.3 Å². The standard InChI is InChI=1S/C12H13NOS/c1-14-10-6-4-9(5-7-10)12(13)11-3-2-8-15-11/h2-8,12H,13H2,1H3/t12-/m0/s1. The molecule has 2 N–H and O–H groups in total. The van der Waals surface area contributed by atoms with Crippen LogP contribution in [0.15, 0.2) is 41.8 Å². The predicted molar refractivity (Wildman–Crippen MR) is 63.3 cm³/mol. The SMILES string of the molecule is COc1ccc([C@H](N)c2cccs2)cc1. The van der Waals surface area contributed by atoms with Gasteiger partial charge in [0.1, 0.15) is 5.75 Å². The molecule has 1 atom stereocenters. The van der Waals surface area contributed by atoms with E-state index in [1.165, 1.54) is 4.88 Å². The van der Waals surface area contributed by atoms with Crippen molar-refractivity contribution in [2.45, 2.75) is 6.04 Å². The minimum Gasteiger partial charge on any atom is -0.497 e. The third-order valence-electron chi connectivity index (χ3n) is 2.32. The molecule has 0 radical (unpaired) electrons. The second kappa shape index (κ2) is 4.47. The summed E-state index contributed by atoms with van der Waals surface area (Å²) in [6, 6.07) is 11.9. The molecule has 0 bridgehead atoms. The molecule has 0 saturated carbocycles. The van der Waals surface area contributed by atoms with Crippen molar-refractivity contribution in [3.63, 3.8) is 0 Å². The van der Waals surface area contributed by atoms with Crippen LogP contribution in [0.1, 0.15) is 16.5 Å². The number of methoxy groups -OCH3 is 1. The molecule has 1 aromatic heterocycles. The van der Waals surface area contributed by atoms with Crippen molar-refractivity contribution in [2.24, 2.45) is 5.73 Å². The second-order valence-corrected chi connectivity index (χ2v) is 4.25. The molecule has 3 heteroatoms. The molecule has 0 aliphatic carbocycles. The van der Waals surface area contributed by atoms with E-state index in [1.807, 2.05) is 35.7 Å². The van der Waals surface area contributed by atoms with Crippen molar-refractivity contribution in [1.29, 1.82) is 0 Å². The number of benzene rings is 1. The zero-order valence-corrected chi connectivity index (χ0v) is 9.33. The summed E-state index contributed by atoms with van der Waals surface area (Å²) in [6.07, 6.45) is 0. The van der Waals surface area contributed by atoms with Crippen LogP contribution in [0.3, 0.4) is 0 Å². The minimum absolute atomic E-state index is 0.0316. The molecule has 0 unspecified atom stereocenters. The predicted octanol–water partition coefficient (Wildman–Crippen LogP) is 2.80. The van der Waals surface area contributed by atoms with Crippen molar-refractivity contribution in [2.75, 3.05) is 7.11 Å². The van der Waals surface area contributed by atoms with Gasteiger partial charge in [-0.05, 0) is 29.1 Å². The number of hydrogen-bond acceptors (Lipinski definition) is 3. The molecule has 2 nitrogen and oxygen atoms in total. The monoisotopic (exact) mass is 219 g/mol. The molecule has 78 valence electrons. The lowest BCUT2D eigenvalue weighted by atomic mass is 10.1. The topological polar surface area (TPSA) is 35.2 Å². The molecule has 0 aliphatic heterocycles. The highest BCUT2D eigenvalue weighted by Crippen LogP contribution is 2.24. The van der Waals surface area contributed by atoms with E-state index < -0.39 is 0 Å². The molecule has 1 aromatic carbocycles. The van der Waals surface area contributed by atoms with E-state index in [-0.39, 0.29) is 6.04 Å². The molecular weight excluding hydrogens is 206 g/mol. The van der Waals surface area contributed by atoms with Gasteiger partial charge in [0.2, 0.25) is 0 Å². The van der Waals surface area contributed by atoms with E-state index in [4.69, 9.17) is 10.5 Å². The Labute approximate surface area is 93.3 Å². The van der Waals surface area contributed by atoms with Crippen LogP contribution in [0.25, 0.3) is 0 Å². The zero-order chi connectivity index (χ0) is 10.7. The summed E-state index contributed by atoms with van der Waals surface area (Å²) >= 11 is 1.68. The number of hydrogen-bond donors (Lipinski definition) is 1. The largest absolute Gasteiger partial charge is 0.497 e. The fourth-order valence-electron chi connectivity index (χ4n) is 1.44. The van der Waals surface area contributed by atoms with Gasteiger partial charge in [-0.25, -0.2) is 0 Å². The van der Waals surface area contributed by atoms with E-state index in [0.717, 1.165) is 11.3 Å². The van der Waals surface area contributed by atoms with Gasteiger partial charge in [0.15, 0.2) is 0 Å². The molecule has 0 spiro atoms. The summed E-state index contributed by atoms with van der Waals surface area (Å²) in [5, 5.41) is 2.04.